The molecule has 0 aliphatic carbocycles. The van der Waals surface area contributed by atoms with Gasteiger partial charge in [-0.2, -0.15) is 5.10 Å². The number of nitrogens with one attached hydrogen (secondary N) is 1. The fourth-order valence-electron chi connectivity index (χ4n) is 1.05. The lowest BCUT2D eigenvalue weighted by molar-refractivity contribution is 0.315. The summed E-state index contributed by atoms with van der Waals surface area (Å²) in [5.41, 5.74) is 0. The summed E-state index contributed by atoms with van der Waals surface area (Å²) in [6.45, 7) is 2.05. The highest BCUT2D eigenvalue weighted by Crippen LogP contribution is 2.13. The van der Waals surface area contributed by atoms with Crippen LogP contribution in [0, 0.1) is 0 Å². The minimum Gasteiger partial charge on any atom is -0.312 e. The number of hydrogen-bond donors (Lipinski definition) is 2. The molecule has 0 aromatic carbocycles. The molecule has 4 nitrogen and oxygen atoms in total. The standard InChI is InChI=1S/C6H10N4S/c7-11-6-1-2-10(9-6)5-3-8-4-5/h1-2,5,8H,3-4,7H2. The van der Waals surface area contributed by atoms with Crippen molar-refractivity contribution >= 4 is 11.9 Å². The van der Waals surface area contributed by atoms with Crippen molar-refractivity contribution in [2.24, 2.45) is 5.14 Å². The first kappa shape index (κ1) is 7.15. The lowest BCUT2D eigenvalue weighted by atomic mass is 10.2. The average molecular weight is 170 g/mol. The van der Waals surface area contributed by atoms with E-state index in [1.54, 1.807) is 0 Å². The summed E-state index contributed by atoms with van der Waals surface area (Å²) >= 11 is 1.19. The summed E-state index contributed by atoms with van der Waals surface area (Å²) in [6, 6.07) is 2.47. The van der Waals surface area contributed by atoms with Crippen molar-refractivity contribution in [3.05, 3.63) is 12.3 Å². The van der Waals surface area contributed by atoms with Gasteiger partial charge in [0.2, 0.25) is 0 Å². The number of hydrogen-bond acceptors (Lipinski definition) is 4. The van der Waals surface area contributed by atoms with Crippen LogP contribution in [0.4, 0.5) is 0 Å². The predicted octanol–water partition coefficient (Wildman–Crippen LogP) is -0.00680. The SMILES string of the molecule is NSc1ccn(C2CNC2)n1. The molecule has 0 atom stereocenters. The number of nitrogens with zero attached hydrogens (tertiary/aromatic N) is 2. The maximum atomic E-state index is 5.35. The van der Waals surface area contributed by atoms with E-state index in [1.165, 1.54) is 11.9 Å². The molecule has 2 heterocycles. The zero-order chi connectivity index (χ0) is 7.68. The topological polar surface area (TPSA) is 55.9 Å². The van der Waals surface area contributed by atoms with Gasteiger partial charge in [-0.3, -0.25) is 9.82 Å². The van der Waals surface area contributed by atoms with Gasteiger partial charge in [0.1, 0.15) is 5.03 Å². The minimum absolute atomic E-state index is 0.538. The molecular weight excluding hydrogens is 160 g/mol. The molecular formula is C6H10N4S. The molecule has 5 heteroatoms. The van der Waals surface area contributed by atoms with E-state index in [2.05, 4.69) is 10.4 Å². The molecule has 0 unspecified atom stereocenters. The molecule has 1 aliphatic heterocycles. The van der Waals surface area contributed by atoms with Crippen LogP contribution < -0.4 is 10.5 Å². The third-order valence-corrected chi connectivity index (χ3v) is 2.30. The zero-order valence-corrected chi connectivity index (χ0v) is 6.84. The third-order valence-electron chi connectivity index (χ3n) is 1.84. The monoisotopic (exact) mass is 170 g/mol. The van der Waals surface area contributed by atoms with Crippen LogP contribution in [0.25, 0.3) is 0 Å². The van der Waals surface area contributed by atoms with Crippen molar-refractivity contribution in [2.75, 3.05) is 13.1 Å². The molecule has 1 aliphatic rings. The fraction of sp³-hybridized carbons (Fsp3) is 0.500. The Bertz CT molecular complexity index is 242. The quantitative estimate of drug-likeness (QED) is 0.613. The summed E-state index contributed by atoms with van der Waals surface area (Å²) in [7, 11) is 0. The van der Waals surface area contributed by atoms with E-state index < -0.39 is 0 Å². The van der Waals surface area contributed by atoms with Crippen molar-refractivity contribution in [1.82, 2.24) is 15.1 Å². The largest absolute Gasteiger partial charge is 0.312 e. The van der Waals surface area contributed by atoms with E-state index in [9.17, 15) is 0 Å². The van der Waals surface area contributed by atoms with Crippen LogP contribution >= 0.6 is 11.9 Å². The van der Waals surface area contributed by atoms with Gasteiger partial charge >= 0.3 is 0 Å². The Hall–Kier alpha value is -0.520. The molecule has 0 spiro atoms. The first-order chi connectivity index (χ1) is 5.40. The summed E-state index contributed by atoms with van der Waals surface area (Å²) in [6.07, 6.45) is 1.97. The summed E-state index contributed by atoms with van der Waals surface area (Å²) < 4.78 is 1.96. The van der Waals surface area contributed by atoms with E-state index >= 15 is 0 Å². The molecule has 0 saturated carbocycles. The van der Waals surface area contributed by atoms with Crippen molar-refractivity contribution in [1.29, 1.82) is 0 Å². The Morgan fingerprint density at radius 1 is 1.73 bits per heavy atom. The second-order valence-corrected chi connectivity index (χ2v) is 3.22. The Balaban J connectivity index is 2.11. The number of nitrogens with two attached hydrogens (primary N) is 1. The Morgan fingerprint density at radius 2 is 2.55 bits per heavy atom. The maximum Gasteiger partial charge on any atom is 0.133 e. The Labute approximate surface area is 69.3 Å². The third kappa shape index (κ3) is 1.26. The molecule has 3 N–H and O–H groups in total. The van der Waals surface area contributed by atoms with Gasteiger partial charge in [0.25, 0.3) is 0 Å². The molecule has 2 rings (SSSR count). The van der Waals surface area contributed by atoms with Gasteiger partial charge in [-0.05, 0) is 18.0 Å². The van der Waals surface area contributed by atoms with Gasteiger partial charge in [-0.25, -0.2) is 0 Å². The summed E-state index contributed by atoms with van der Waals surface area (Å²) in [5.74, 6) is 0. The summed E-state index contributed by atoms with van der Waals surface area (Å²) in [4.78, 5) is 0. The van der Waals surface area contributed by atoms with E-state index in [-0.39, 0.29) is 0 Å². The number of aromatic nitrogens is 2. The molecule has 1 aromatic rings. The van der Waals surface area contributed by atoms with Gasteiger partial charge in [0, 0.05) is 19.3 Å². The highest BCUT2D eigenvalue weighted by molar-refractivity contribution is 7.97. The number of rotatable bonds is 2. The normalized spacial score (nSPS) is 18.3. The van der Waals surface area contributed by atoms with Crippen LogP contribution in [0.2, 0.25) is 0 Å². The Morgan fingerprint density at radius 3 is 3.00 bits per heavy atom. The second-order valence-electron chi connectivity index (χ2n) is 2.56. The van der Waals surface area contributed by atoms with Crippen LogP contribution in [0.1, 0.15) is 6.04 Å². The van der Waals surface area contributed by atoms with Crippen molar-refractivity contribution in [3.63, 3.8) is 0 Å². The van der Waals surface area contributed by atoms with Crippen molar-refractivity contribution in [3.8, 4) is 0 Å². The van der Waals surface area contributed by atoms with E-state index in [1.807, 2.05) is 16.9 Å². The minimum atomic E-state index is 0.538. The molecule has 0 radical (unpaired) electrons. The average Bonchev–Trinajstić information content (AvgIpc) is 2.32. The first-order valence-electron chi connectivity index (χ1n) is 3.53. The van der Waals surface area contributed by atoms with Gasteiger partial charge in [0.05, 0.1) is 6.04 Å². The smallest absolute Gasteiger partial charge is 0.133 e. The van der Waals surface area contributed by atoms with Gasteiger partial charge < -0.3 is 5.32 Å². The van der Waals surface area contributed by atoms with Crippen LogP contribution in [-0.2, 0) is 0 Å². The maximum absolute atomic E-state index is 5.35. The van der Waals surface area contributed by atoms with Crippen LogP contribution in [0.15, 0.2) is 17.3 Å². The van der Waals surface area contributed by atoms with E-state index in [0.717, 1.165) is 18.1 Å². The predicted molar refractivity (Wildman–Crippen MR) is 44.2 cm³/mol. The molecule has 1 aromatic heterocycles. The molecule has 60 valence electrons. The molecule has 1 saturated heterocycles. The molecule has 11 heavy (non-hydrogen) atoms. The highest BCUT2D eigenvalue weighted by Gasteiger charge is 2.18. The molecule has 0 bridgehead atoms. The van der Waals surface area contributed by atoms with E-state index in [0.29, 0.717) is 6.04 Å². The fourth-order valence-corrected chi connectivity index (χ4v) is 1.33. The van der Waals surface area contributed by atoms with Crippen molar-refractivity contribution in [2.45, 2.75) is 11.1 Å². The summed E-state index contributed by atoms with van der Waals surface area (Å²) in [5, 5.41) is 13.7. The van der Waals surface area contributed by atoms with Gasteiger partial charge in [-0.1, -0.05) is 0 Å². The molecule has 0 amide bonds. The highest BCUT2D eigenvalue weighted by atomic mass is 32.2. The van der Waals surface area contributed by atoms with Gasteiger partial charge in [-0.15, -0.1) is 0 Å². The van der Waals surface area contributed by atoms with Gasteiger partial charge in [0.15, 0.2) is 0 Å². The van der Waals surface area contributed by atoms with Crippen molar-refractivity contribution < 1.29 is 0 Å². The van der Waals surface area contributed by atoms with Crippen LogP contribution in [0.3, 0.4) is 0 Å². The zero-order valence-electron chi connectivity index (χ0n) is 6.03. The lowest BCUT2D eigenvalue weighted by Crippen LogP contribution is -2.43. The first-order valence-corrected chi connectivity index (χ1v) is 4.41. The van der Waals surface area contributed by atoms with Crippen LogP contribution in [0.5, 0.6) is 0 Å². The second kappa shape index (κ2) is 2.84. The van der Waals surface area contributed by atoms with E-state index in [4.69, 9.17) is 5.14 Å². The Kier molecular flexibility index (Phi) is 1.85. The van der Waals surface area contributed by atoms with Crippen LogP contribution in [-0.4, -0.2) is 22.9 Å². The lowest BCUT2D eigenvalue weighted by Gasteiger charge is -2.27. The molecule has 1 fully saturated rings.